The Morgan fingerprint density at radius 2 is 0.982 bits per heavy atom. The first kappa shape index (κ1) is 31.4. The van der Waals surface area contributed by atoms with Crippen molar-refractivity contribution < 1.29 is 0 Å². The zero-order chi connectivity index (χ0) is 36.8. The third-order valence-electron chi connectivity index (χ3n) is 11.9. The highest BCUT2D eigenvalue weighted by molar-refractivity contribution is 7.20. The summed E-state index contributed by atoms with van der Waals surface area (Å²) in [6, 6.07) is 70.5. The van der Waals surface area contributed by atoms with Crippen LogP contribution in [0.4, 0.5) is 0 Å². The van der Waals surface area contributed by atoms with Crippen molar-refractivity contribution in [1.82, 2.24) is 9.97 Å². The number of benzene rings is 8. The molecule has 0 radical (unpaired) electrons. The molecular weight excluding hydrogens is 697 g/mol. The highest BCUT2D eigenvalue weighted by atomic mass is 32.1. The Hall–Kier alpha value is -6.94. The van der Waals surface area contributed by atoms with E-state index in [4.69, 9.17) is 9.97 Å². The van der Waals surface area contributed by atoms with Crippen LogP contribution in [-0.4, -0.2) is 9.97 Å². The Labute approximate surface area is 329 Å². The molecule has 12 rings (SSSR count). The first-order chi connectivity index (χ1) is 27.8. The van der Waals surface area contributed by atoms with Crippen molar-refractivity contribution in [2.75, 3.05) is 0 Å². The first-order valence-corrected chi connectivity index (χ1v) is 20.0. The van der Waals surface area contributed by atoms with E-state index in [0.717, 1.165) is 44.9 Å². The van der Waals surface area contributed by atoms with Crippen molar-refractivity contribution in [1.29, 1.82) is 0 Å². The smallest absolute Gasteiger partial charge is 0.161 e. The second-order valence-corrected chi connectivity index (χ2v) is 15.9. The highest BCUT2D eigenvalue weighted by Gasteiger charge is 2.53. The number of nitrogens with zero attached hydrogens (tertiary/aromatic N) is 2. The Balaban J connectivity index is 1.11. The molecule has 2 aromatic heterocycles. The molecule has 10 aromatic rings. The number of rotatable bonds is 4. The molecule has 0 amide bonds. The molecule has 0 bridgehead atoms. The summed E-state index contributed by atoms with van der Waals surface area (Å²) in [5.41, 5.74) is 16.3. The molecule has 2 aliphatic rings. The van der Waals surface area contributed by atoms with Gasteiger partial charge in [0.25, 0.3) is 0 Å². The minimum atomic E-state index is -0.413. The lowest BCUT2D eigenvalue weighted by molar-refractivity contribution is 0.812. The van der Waals surface area contributed by atoms with E-state index in [1.807, 2.05) is 11.3 Å². The van der Waals surface area contributed by atoms with E-state index >= 15 is 0 Å². The molecule has 0 saturated carbocycles. The molecule has 0 aliphatic heterocycles. The van der Waals surface area contributed by atoms with Gasteiger partial charge in [-0.05, 0) is 73.5 Å². The van der Waals surface area contributed by atoms with Gasteiger partial charge in [0.15, 0.2) is 5.82 Å². The van der Waals surface area contributed by atoms with Crippen LogP contribution in [0.5, 0.6) is 0 Å². The predicted octanol–water partition coefficient (Wildman–Crippen LogP) is 13.9. The summed E-state index contributed by atoms with van der Waals surface area (Å²) >= 11 is 1.95. The van der Waals surface area contributed by atoms with Crippen molar-refractivity contribution in [3.05, 3.63) is 216 Å². The van der Waals surface area contributed by atoms with Gasteiger partial charge in [-0.2, -0.15) is 0 Å². The van der Waals surface area contributed by atoms with Gasteiger partial charge < -0.3 is 0 Å². The van der Waals surface area contributed by atoms with Crippen LogP contribution >= 0.6 is 11.3 Å². The quantitative estimate of drug-likeness (QED) is 0.180. The van der Waals surface area contributed by atoms with Gasteiger partial charge in [-0.1, -0.05) is 176 Å². The van der Waals surface area contributed by atoms with E-state index in [1.54, 1.807) is 0 Å². The minimum absolute atomic E-state index is 0.413. The summed E-state index contributed by atoms with van der Waals surface area (Å²) < 4.78 is 1.33. The largest absolute Gasteiger partial charge is 0.228 e. The number of fused-ring (bicyclic) bond motifs is 13. The van der Waals surface area contributed by atoms with Gasteiger partial charge in [-0.3, -0.25) is 0 Å². The van der Waals surface area contributed by atoms with E-state index in [-0.39, 0.29) is 0 Å². The predicted molar refractivity (Wildman–Crippen MR) is 233 cm³/mol. The maximum Gasteiger partial charge on any atom is 0.161 e. The van der Waals surface area contributed by atoms with Crippen LogP contribution in [0.3, 0.4) is 0 Å². The third kappa shape index (κ3) is 4.38. The molecule has 0 saturated heterocycles. The molecule has 1 spiro atoms. The third-order valence-corrected chi connectivity index (χ3v) is 13.2. The molecule has 2 aliphatic carbocycles. The lowest BCUT2D eigenvalue weighted by atomic mass is 9.73. The maximum absolute atomic E-state index is 5.39. The van der Waals surface area contributed by atoms with E-state index < -0.39 is 5.41 Å². The Kier molecular flexibility index (Phi) is 6.75. The molecule has 56 heavy (non-hydrogen) atoms. The summed E-state index contributed by atoms with van der Waals surface area (Å²) in [7, 11) is 0. The standard InChI is InChI=1S/C53H32N2S/c1-2-16-34(17-3-1)47-32-48(55-52(54-47)41-25-14-18-33-15-4-5-19-36(33)41)40-23-7-6-20-37(40)35-29-30-42-46(31-35)53(51-50(42)43-24-10-13-28-49(43)56-51)44-26-11-8-21-38(44)39-22-9-12-27-45(39)53/h1-32H. The Bertz CT molecular complexity index is 3160. The summed E-state index contributed by atoms with van der Waals surface area (Å²) in [6.45, 7) is 0. The Morgan fingerprint density at radius 3 is 1.79 bits per heavy atom. The molecule has 0 atom stereocenters. The van der Waals surface area contributed by atoms with E-state index in [1.165, 1.54) is 64.9 Å². The van der Waals surface area contributed by atoms with Gasteiger partial charge in [-0.25, -0.2) is 9.97 Å². The van der Waals surface area contributed by atoms with Gasteiger partial charge in [-0.15, -0.1) is 11.3 Å². The van der Waals surface area contributed by atoms with Crippen molar-refractivity contribution in [2.45, 2.75) is 5.41 Å². The molecular formula is C53H32N2S. The van der Waals surface area contributed by atoms with E-state index in [0.29, 0.717) is 0 Å². The van der Waals surface area contributed by atoms with E-state index in [9.17, 15) is 0 Å². The molecule has 2 nitrogen and oxygen atoms in total. The van der Waals surface area contributed by atoms with Crippen LogP contribution in [0.25, 0.3) is 88.1 Å². The fraction of sp³-hybridized carbons (Fsp3) is 0.0189. The SMILES string of the molecule is c1ccc(-c2cc(-c3ccccc3-c3ccc4c(c3)C3(c5ccccc5-c5ccccc53)c3sc5ccccc5c3-4)nc(-c3cccc4ccccc34)n2)cc1. The van der Waals surface area contributed by atoms with Gasteiger partial charge in [0, 0.05) is 37.2 Å². The molecule has 8 aromatic carbocycles. The topological polar surface area (TPSA) is 25.8 Å². The van der Waals surface area contributed by atoms with Gasteiger partial charge >= 0.3 is 0 Å². The normalized spacial score (nSPS) is 13.1. The summed E-state index contributed by atoms with van der Waals surface area (Å²) in [5.74, 6) is 0.719. The van der Waals surface area contributed by atoms with Crippen LogP contribution in [0.15, 0.2) is 194 Å². The molecule has 260 valence electrons. The number of thiophene rings is 1. The molecule has 0 unspecified atom stereocenters. The zero-order valence-electron chi connectivity index (χ0n) is 30.3. The second-order valence-electron chi connectivity index (χ2n) is 14.8. The van der Waals surface area contributed by atoms with Crippen LogP contribution < -0.4 is 0 Å². The van der Waals surface area contributed by atoms with Crippen LogP contribution in [0.2, 0.25) is 0 Å². The summed E-state index contributed by atoms with van der Waals surface area (Å²) in [5, 5.41) is 3.64. The molecule has 3 heteroatoms. The van der Waals surface area contributed by atoms with Crippen molar-refractivity contribution >= 4 is 32.2 Å². The molecule has 0 N–H and O–H groups in total. The molecule has 0 fully saturated rings. The average molecular weight is 729 g/mol. The summed E-state index contributed by atoms with van der Waals surface area (Å²) in [6.07, 6.45) is 0. The molecule has 2 heterocycles. The van der Waals surface area contributed by atoms with Crippen LogP contribution in [0, 0.1) is 0 Å². The average Bonchev–Trinajstić information content (AvgIpc) is 3.90. The minimum Gasteiger partial charge on any atom is -0.228 e. The van der Waals surface area contributed by atoms with Crippen molar-refractivity contribution in [3.8, 4) is 67.3 Å². The maximum atomic E-state index is 5.39. The monoisotopic (exact) mass is 728 g/mol. The number of hydrogen-bond acceptors (Lipinski definition) is 3. The zero-order valence-corrected chi connectivity index (χ0v) is 31.1. The summed E-state index contributed by atoms with van der Waals surface area (Å²) in [4.78, 5) is 12.0. The van der Waals surface area contributed by atoms with Gasteiger partial charge in [0.1, 0.15) is 0 Å². The lowest BCUT2D eigenvalue weighted by Crippen LogP contribution is -2.24. The Morgan fingerprint density at radius 1 is 0.375 bits per heavy atom. The fourth-order valence-electron chi connectivity index (χ4n) is 9.55. The van der Waals surface area contributed by atoms with Gasteiger partial charge in [0.05, 0.1) is 16.8 Å². The van der Waals surface area contributed by atoms with Crippen LogP contribution in [0.1, 0.15) is 21.6 Å². The first-order valence-electron chi connectivity index (χ1n) is 19.2. The second kappa shape index (κ2) is 12.0. The number of aromatic nitrogens is 2. The van der Waals surface area contributed by atoms with Crippen molar-refractivity contribution in [2.24, 2.45) is 0 Å². The van der Waals surface area contributed by atoms with Crippen molar-refractivity contribution in [3.63, 3.8) is 0 Å². The van der Waals surface area contributed by atoms with E-state index in [2.05, 4.69) is 194 Å². The number of hydrogen-bond donors (Lipinski definition) is 0. The van der Waals surface area contributed by atoms with Crippen LogP contribution in [-0.2, 0) is 5.41 Å². The lowest BCUT2D eigenvalue weighted by Gasteiger charge is -2.29. The fourth-order valence-corrected chi connectivity index (χ4v) is 11.0. The highest BCUT2D eigenvalue weighted by Crippen LogP contribution is 2.66. The van der Waals surface area contributed by atoms with Gasteiger partial charge in [0.2, 0.25) is 0 Å².